The first-order valence-corrected chi connectivity index (χ1v) is 9.03. The molecule has 0 atom stereocenters. The van der Waals surface area contributed by atoms with Crippen molar-refractivity contribution < 1.29 is 26.3 Å². The lowest BCUT2D eigenvalue weighted by Crippen LogP contribution is -2.13. The van der Waals surface area contributed by atoms with Crippen molar-refractivity contribution in [2.75, 3.05) is 0 Å². The van der Waals surface area contributed by atoms with Gasteiger partial charge in [-0.1, -0.05) is 50.3 Å². The van der Waals surface area contributed by atoms with E-state index in [0.717, 1.165) is 11.1 Å². The molecule has 0 fully saturated rings. The van der Waals surface area contributed by atoms with Gasteiger partial charge in [-0.05, 0) is 34.7 Å². The maximum Gasteiger partial charge on any atom is 0.416 e. The van der Waals surface area contributed by atoms with Crippen LogP contribution >= 0.6 is 0 Å². The van der Waals surface area contributed by atoms with E-state index >= 15 is 0 Å². The van der Waals surface area contributed by atoms with Crippen LogP contribution in [0.15, 0.2) is 48.7 Å². The lowest BCUT2D eigenvalue weighted by Gasteiger charge is -2.18. The molecule has 0 saturated heterocycles. The number of nitrogens with zero attached hydrogens (tertiary/aromatic N) is 3. The first-order valence-electron chi connectivity index (χ1n) is 9.03. The zero-order valence-electron chi connectivity index (χ0n) is 16.4. The second kappa shape index (κ2) is 7.45. The van der Waals surface area contributed by atoms with Gasteiger partial charge in [0, 0.05) is 5.56 Å². The van der Waals surface area contributed by atoms with Crippen molar-refractivity contribution in [2.45, 2.75) is 45.1 Å². The Bertz CT molecular complexity index is 992. The molecule has 0 aliphatic rings. The highest BCUT2D eigenvalue weighted by atomic mass is 19.4. The molecule has 0 aliphatic heterocycles. The van der Waals surface area contributed by atoms with Crippen molar-refractivity contribution in [1.82, 2.24) is 15.0 Å². The van der Waals surface area contributed by atoms with Gasteiger partial charge >= 0.3 is 12.4 Å². The smallest absolute Gasteiger partial charge is 0.247 e. The molecule has 0 amide bonds. The molecule has 0 N–H and O–H groups in total. The molecule has 0 bridgehead atoms. The number of hydrogen-bond donors (Lipinski definition) is 0. The number of alkyl halides is 6. The molecule has 0 radical (unpaired) electrons. The SMILES string of the molecule is CC(C)(C)c1ccc(-c2cn(Cc3cc(C(F)(F)F)cc(C(F)(F)F)c3)nn2)cc1. The third-order valence-electron chi connectivity index (χ3n) is 4.58. The first-order chi connectivity index (χ1) is 13.7. The van der Waals surface area contributed by atoms with Gasteiger partial charge in [0.05, 0.1) is 23.9 Å². The molecular formula is C21H19F6N3. The van der Waals surface area contributed by atoms with Crippen molar-refractivity contribution in [3.63, 3.8) is 0 Å². The number of halogens is 6. The molecule has 9 heteroatoms. The molecule has 3 nitrogen and oxygen atoms in total. The summed E-state index contributed by atoms with van der Waals surface area (Å²) < 4.78 is 79.3. The van der Waals surface area contributed by atoms with Crippen molar-refractivity contribution in [3.8, 4) is 11.3 Å². The van der Waals surface area contributed by atoms with Crippen LogP contribution < -0.4 is 0 Å². The second-order valence-electron chi connectivity index (χ2n) is 8.04. The summed E-state index contributed by atoms with van der Waals surface area (Å²) >= 11 is 0. The van der Waals surface area contributed by atoms with Crippen LogP contribution in [0.3, 0.4) is 0 Å². The van der Waals surface area contributed by atoms with Gasteiger partial charge in [0.1, 0.15) is 5.69 Å². The molecule has 1 heterocycles. The lowest BCUT2D eigenvalue weighted by molar-refractivity contribution is -0.143. The minimum atomic E-state index is -4.89. The average Bonchev–Trinajstić information content (AvgIpc) is 3.08. The third kappa shape index (κ3) is 5.01. The molecule has 2 aromatic carbocycles. The van der Waals surface area contributed by atoms with Gasteiger partial charge < -0.3 is 0 Å². The summed E-state index contributed by atoms with van der Waals surface area (Å²) in [5.41, 5.74) is -0.585. The van der Waals surface area contributed by atoms with E-state index in [1.807, 2.05) is 24.3 Å². The van der Waals surface area contributed by atoms with Crippen LogP contribution in [0.2, 0.25) is 0 Å². The Morgan fingerprint density at radius 2 is 1.30 bits per heavy atom. The molecule has 3 aromatic rings. The Hall–Kier alpha value is -2.84. The van der Waals surface area contributed by atoms with Crippen LogP contribution in [0.25, 0.3) is 11.3 Å². The van der Waals surface area contributed by atoms with Gasteiger partial charge in [0.2, 0.25) is 0 Å². The van der Waals surface area contributed by atoms with Crippen molar-refractivity contribution >= 4 is 0 Å². The van der Waals surface area contributed by atoms with Crippen LogP contribution in [-0.4, -0.2) is 15.0 Å². The Morgan fingerprint density at radius 3 is 1.77 bits per heavy atom. The van der Waals surface area contributed by atoms with Crippen LogP contribution in [0.5, 0.6) is 0 Å². The minimum Gasteiger partial charge on any atom is -0.247 e. The summed E-state index contributed by atoms with van der Waals surface area (Å²) in [5, 5.41) is 7.83. The summed E-state index contributed by atoms with van der Waals surface area (Å²) in [4.78, 5) is 0. The fraction of sp³-hybridized carbons (Fsp3) is 0.333. The van der Waals surface area contributed by atoms with Crippen LogP contribution in [0, 0.1) is 0 Å². The van der Waals surface area contributed by atoms with E-state index in [4.69, 9.17) is 0 Å². The van der Waals surface area contributed by atoms with Gasteiger partial charge in [-0.15, -0.1) is 5.10 Å². The van der Waals surface area contributed by atoms with Gasteiger partial charge in [-0.3, -0.25) is 0 Å². The van der Waals surface area contributed by atoms with E-state index in [1.54, 1.807) is 0 Å². The Morgan fingerprint density at radius 1 is 0.767 bits per heavy atom. The Kier molecular flexibility index (Phi) is 5.43. The van der Waals surface area contributed by atoms with Crippen molar-refractivity contribution in [1.29, 1.82) is 0 Å². The highest BCUT2D eigenvalue weighted by molar-refractivity contribution is 5.58. The summed E-state index contributed by atoms with van der Waals surface area (Å²) in [6.07, 6.45) is -8.30. The normalized spacial score (nSPS) is 13.0. The Labute approximate surface area is 169 Å². The Balaban J connectivity index is 1.88. The fourth-order valence-corrected chi connectivity index (χ4v) is 2.95. The zero-order chi connectivity index (χ0) is 22.3. The fourth-order valence-electron chi connectivity index (χ4n) is 2.95. The number of hydrogen-bond acceptors (Lipinski definition) is 2. The second-order valence-corrected chi connectivity index (χ2v) is 8.04. The van der Waals surface area contributed by atoms with Gasteiger partial charge in [0.15, 0.2) is 0 Å². The van der Waals surface area contributed by atoms with Gasteiger partial charge in [-0.2, -0.15) is 26.3 Å². The number of aromatic nitrogens is 3. The van der Waals surface area contributed by atoms with E-state index in [1.165, 1.54) is 10.9 Å². The van der Waals surface area contributed by atoms with Crippen molar-refractivity contribution in [2.24, 2.45) is 0 Å². The zero-order valence-corrected chi connectivity index (χ0v) is 16.4. The number of rotatable bonds is 3. The molecule has 30 heavy (non-hydrogen) atoms. The largest absolute Gasteiger partial charge is 0.416 e. The van der Waals surface area contributed by atoms with Gasteiger partial charge in [0.25, 0.3) is 0 Å². The van der Waals surface area contributed by atoms with Crippen LogP contribution in [0.1, 0.15) is 43.0 Å². The average molecular weight is 427 g/mol. The molecule has 0 aliphatic carbocycles. The van der Waals surface area contributed by atoms with E-state index in [0.29, 0.717) is 17.8 Å². The molecule has 0 spiro atoms. The summed E-state index contributed by atoms with van der Waals surface area (Å²) in [6, 6.07) is 9.06. The highest BCUT2D eigenvalue weighted by Crippen LogP contribution is 2.36. The molecule has 1 aromatic heterocycles. The number of benzene rings is 2. The van der Waals surface area contributed by atoms with E-state index in [-0.39, 0.29) is 23.6 Å². The molecule has 3 rings (SSSR count). The quantitative estimate of drug-likeness (QED) is 0.458. The van der Waals surface area contributed by atoms with E-state index < -0.39 is 23.5 Å². The minimum absolute atomic E-state index is 0.0319. The standard InChI is InChI=1S/C21H19F6N3/c1-19(2,3)15-6-4-14(5-7-15)18-12-30(29-28-18)11-13-8-16(20(22,23)24)10-17(9-13)21(25,26)27/h4-10,12H,11H2,1-3H3. The van der Waals surface area contributed by atoms with E-state index in [9.17, 15) is 26.3 Å². The molecule has 160 valence electrons. The first kappa shape index (κ1) is 21.9. The summed E-state index contributed by atoms with van der Waals surface area (Å²) in [6.45, 7) is 5.94. The predicted octanol–water partition coefficient (Wildman–Crippen LogP) is 6.33. The van der Waals surface area contributed by atoms with E-state index in [2.05, 4.69) is 31.1 Å². The summed E-state index contributed by atoms with van der Waals surface area (Å²) in [7, 11) is 0. The lowest BCUT2D eigenvalue weighted by atomic mass is 9.86. The topological polar surface area (TPSA) is 30.7 Å². The molecule has 0 unspecified atom stereocenters. The van der Waals surface area contributed by atoms with Crippen molar-refractivity contribution in [3.05, 3.63) is 70.9 Å². The molecule has 0 saturated carbocycles. The van der Waals surface area contributed by atoms with Crippen LogP contribution in [-0.2, 0) is 24.3 Å². The highest BCUT2D eigenvalue weighted by Gasteiger charge is 2.36. The third-order valence-corrected chi connectivity index (χ3v) is 4.58. The predicted molar refractivity (Wildman–Crippen MR) is 99.7 cm³/mol. The molecular weight excluding hydrogens is 408 g/mol. The van der Waals surface area contributed by atoms with Gasteiger partial charge in [-0.25, -0.2) is 4.68 Å². The summed E-state index contributed by atoms with van der Waals surface area (Å²) in [5.74, 6) is 0. The monoisotopic (exact) mass is 427 g/mol. The van der Waals surface area contributed by atoms with Crippen LogP contribution in [0.4, 0.5) is 26.3 Å². The maximum absolute atomic E-state index is 13.0. The maximum atomic E-state index is 13.0.